The number of nitrogens with zero attached hydrogens (tertiary/aromatic N) is 1. The van der Waals surface area contributed by atoms with Gasteiger partial charge in [0.25, 0.3) is 0 Å². The molecule has 0 spiro atoms. The highest BCUT2D eigenvalue weighted by atomic mass is 35.5. The van der Waals surface area contributed by atoms with E-state index in [9.17, 15) is 13.2 Å². The third-order valence-electron chi connectivity index (χ3n) is 4.07. The van der Waals surface area contributed by atoms with Gasteiger partial charge in [-0.2, -0.15) is 0 Å². The molecule has 1 N–H and O–H groups in total. The lowest BCUT2D eigenvalue weighted by molar-refractivity contribution is -0.113. The zero-order valence-electron chi connectivity index (χ0n) is 15.3. The van der Waals surface area contributed by atoms with Crippen LogP contribution >= 0.6 is 23.4 Å². The lowest BCUT2D eigenvalue weighted by Crippen LogP contribution is -2.22. The van der Waals surface area contributed by atoms with Crippen LogP contribution in [-0.2, 0) is 14.8 Å². The molecular weight excluding hydrogens is 416 g/mol. The Balaban J connectivity index is 1.73. The van der Waals surface area contributed by atoms with Gasteiger partial charge in [0.1, 0.15) is 0 Å². The average Bonchev–Trinajstić information content (AvgIpc) is 2.66. The highest BCUT2D eigenvalue weighted by molar-refractivity contribution is 8.00. The first-order valence-electron chi connectivity index (χ1n) is 8.41. The number of rotatable bonds is 6. The number of sulfonamides is 1. The molecule has 0 atom stereocenters. The summed E-state index contributed by atoms with van der Waals surface area (Å²) < 4.78 is 25.6. The van der Waals surface area contributed by atoms with Crippen LogP contribution in [-0.4, -0.2) is 38.5 Å². The van der Waals surface area contributed by atoms with Crippen molar-refractivity contribution in [3.63, 3.8) is 0 Å². The normalized spacial score (nSPS) is 11.7. The third-order valence-corrected chi connectivity index (χ3v) is 7.25. The van der Waals surface area contributed by atoms with Crippen molar-refractivity contribution in [1.29, 1.82) is 0 Å². The first-order valence-corrected chi connectivity index (χ1v) is 11.2. The zero-order valence-corrected chi connectivity index (χ0v) is 17.7. The largest absolute Gasteiger partial charge is 0.325 e. The van der Waals surface area contributed by atoms with Crippen molar-refractivity contribution in [2.75, 3.05) is 25.2 Å². The quantitative estimate of drug-likeness (QED) is 0.581. The number of carbonyl (C=O) groups is 1. The molecule has 0 saturated heterocycles. The highest BCUT2D eigenvalue weighted by Gasteiger charge is 2.17. The van der Waals surface area contributed by atoms with E-state index in [-0.39, 0.29) is 16.6 Å². The standard InChI is InChI=1S/C20H19ClN2O3S2/c1-23(2)28(25,26)16-9-5-8-15(12-16)22-19(24)13-27-18-11-4-7-14-6-3-10-17(21)20(14)18/h3-12H,13H2,1-2H3,(H,22,24). The number of benzene rings is 3. The number of halogens is 1. The van der Waals surface area contributed by atoms with Gasteiger partial charge in [0.05, 0.1) is 10.6 Å². The summed E-state index contributed by atoms with van der Waals surface area (Å²) in [5, 5.41) is 5.33. The van der Waals surface area contributed by atoms with E-state index in [0.717, 1.165) is 20.0 Å². The SMILES string of the molecule is CN(C)S(=O)(=O)c1cccc(NC(=O)CSc2cccc3cccc(Cl)c23)c1. The summed E-state index contributed by atoms with van der Waals surface area (Å²) in [6, 6.07) is 17.7. The molecule has 8 heteroatoms. The van der Waals surface area contributed by atoms with Gasteiger partial charge in [0.15, 0.2) is 0 Å². The van der Waals surface area contributed by atoms with Crippen molar-refractivity contribution in [3.8, 4) is 0 Å². The second-order valence-electron chi connectivity index (χ2n) is 6.25. The second-order valence-corrected chi connectivity index (χ2v) is 9.82. The van der Waals surface area contributed by atoms with Crippen LogP contribution in [0.15, 0.2) is 70.5 Å². The summed E-state index contributed by atoms with van der Waals surface area (Å²) in [7, 11) is -0.628. The minimum Gasteiger partial charge on any atom is -0.325 e. The van der Waals surface area contributed by atoms with Gasteiger partial charge in [-0.25, -0.2) is 12.7 Å². The van der Waals surface area contributed by atoms with E-state index >= 15 is 0 Å². The fourth-order valence-corrected chi connectivity index (χ4v) is 4.86. The molecule has 3 rings (SSSR count). The Morgan fingerprint density at radius 1 is 1.07 bits per heavy atom. The fourth-order valence-electron chi connectivity index (χ4n) is 2.67. The summed E-state index contributed by atoms with van der Waals surface area (Å²) in [6.07, 6.45) is 0. The Bertz CT molecular complexity index is 1130. The molecule has 3 aromatic carbocycles. The molecule has 0 fully saturated rings. The van der Waals surface area contributed by atoms with E-state index in [0.29, 0.717) is 10.7 Å². The summed E-state index contributed by atoms with van der Waals surface area (Å²) in [5.41, 5.74) is 0.435. The maximum Gasteiger partial charge on any atom is 0.242 e. The van der Waals surface area contributed by atoms with Gasteiger partial charge in [0.2, 0.25) is 15.9 Å². The van der Waals surface area contributed by atoms with Crippen LogP contribution in [0.5, 0.6) is 0 Å². The van der Waals surface area contributed by atoms with Crippen LogP contribution in [0.25, 0.3) is 10.8 Å². The molecule has 1 amide bonds. The van der Waals surface area contributed by atoms with E-state index in [1.54, 1.807) is 12.1 Å². The van der Waals surface area contributed by atoms with Crippen LogP contribution in [0.4, 0.5) is 5.69 Å². The number of amides is 1. The number of nitrogens with one attached hydrogen (secondary N) is 1. The number of anilines is 1. The van der Waals surface area contributed by atoms with Crippen LogP contribution in [0.2, 0.25) is 5.02 Å². The van der Waals surface area contributed by atoms with E-state index in [1.165, 1.54) is 38.0 Å². The average molecular weight is 435 g/mol. The van der Waals surface area contributed by atoms with Crippen LogP contribution in [0.3, 0.4) is 0 Å². The van der Waals surface area contributed by atoms with Gasteiger partial charge < -0.3 is 5.32 Å². The van der Waals surface area contributed by atoms with Crippen LogP contribution < -0.4 is 5.32 Å². The molecule has 0 aliphatic carbocycles. The molecular formula is C20H19ClN2O3S2. The fraction of sp³-hybridized carbons (Fsp3) is 0.150. The minimum atomic E-state index is -3.56. The monoisotopic (exact) mass is 434 g/mol. The Labute approximate surface area is 173 Å². The molecule has 0 radical (unpaired) electrons. The van der Waals surface area contributed by atoms with Crippen molar-refractivity contribution in [2.24, 2.45) is 0 Å². The summed E-state index contributed by atoms with van der Waals surface area (Å²) in [4.78, 5) is 13.4. The summed E-state index contributed by atoms with van der Waals surface area (Å²) in [5.74, 6) is -0.0527. The van der Waals surface area contributed by atoms with Gasteiger partial charge in [-0.05, 0) is 35.7 Å². The van der Waals surface area contributed by atoms with Crippen LogP contribution in [0.1, 0.15) is 0 Å². The molecule has 146 valence electrons. The first kappa shape index (κ1) is 20.7. The van der Waals surface area contributed by atoms with E-state index in [4.69, 9.17) is 11.6 Å². The number of hydrogen-bond acceptors (Lipinski definition) is 4. The van der Waals surface area contributed by atoms with Gasteiger partial charge in [-0.3, -0.25) is 4.79 Å². The Morgan fingerprint density at radius 3 is 2.46 bits per heavy atom. The zero-order chi connectivity index (χ0) is 20.3. The predicted octanol–water partition coefficient (Wildman–Crippen LogP) is 4.47. The molecule has 5 nitrogen and oxygen atoms in total. The molecule has 0 aliphatic rings. The first-order chi connectivity index (χ1) is 13.3. The third kappa shape index (κ3) is 4.50. The molecule has 0 saturated carbocycles. The highest BCUT2D eigenvalue weighted by Crippen LogP contribution is 2.33. The summed E-state index contributed by atoms with van der Waals surface area (Å²) >= 11 is 7.70. The number of carbonyl (C=O) groups excluding carboxylic acids is 1. The minimum absolute atomic E-state index is 0.129. The van der Waals surface area contributed by atoms with Gasteiger partial charge in [-0.15, -0.1) is 11.8 Å². The van der Waals surface area contributed by atoms with Crippen molar-refractivity contribution >= 4 is 55.8 Å². The van der Waals surface area contributed by atoms with Crippen molar-refractivity contribution in [3.05, 3.63) is 65.7 Å². The van der Waals surface area contributed by atoms with E-state index < -0.39 is 10.0 Å². The molecule has 0 heterocycles. The predicted molar refractivity (Wildman–Crippen MR) is 116 cm³/mol. The number of fused-ring (bicyclic) bond motifs is 1. The maximum absolute atomic E-state index is 12.4. The van der Waals surface area contributed by atoms with Gasteiger partial charge in [0, 0.05) is 35.1 Å². The molecule has 3 aromatic rings. The molecule has 0 unspecified atom stereocenters. The molecule has 28 heavy (non-hydrogen) atoms. The number of hydrogen-bond donors (Lipinski definition) is 1. The van der Waals surface area contributed by atoms with E-state index in [2.05, 4.69) is 5.32 Å². The Hall–Kier alpha value is -2.06. The van der Waals surface area contributed by atoms with Crippen LogP contribution in [0, 0.1) is 0 Å². The smallest absolute Gasteiger partial charge is 0.242 e. The number of thioether (sulfide) groups is 1. The molecule has 0 aromatic heterocycles. The van der Waals surface area contributed by atoms with Gasteiger partial charge >= 0.3 is 0 Å². The Kier molecular flexibility index (Phi) is 6.30. The van der Waals surface area contributed by atoms with E-state index in [1.807, 2.05) is 36.4 Å². The van der Waals surface area contributed by atoms with Crippen molar-refractivity contribution < 1.29 is 13.2 Å². The topological polar surface area (TPSA) is 66.5 Å². The lowest BCUT2D eigenvalue weighted by atomic mass is 10.1. The van der Waals surface area contributed by atoms with Crippen molar-refractivity contribution in [2.45, 2.75) is 9.79 Å². The summed E-state index contributed by atoms with van der Waals surface area (Å²) in [6.45, 7) is 0. The second kappa shape index (κ2) is 8.53. The lowest BCUT2D eigenvalue weighted by Gasteiger charge is -2.13. The maximum atomic E-state index is 12.4. The Morgan fingerprint density at radius 2 is 1.75 bits per heavy atom. The van der Waals surface area contributed by atoms with Gasteiger partial charge in [-0.1, -0.05) is 41.9 Å². The molecule has 0 aliphatic heterocycles. The molecule has 0 bridgehead atoms. The van der Waals surface area contributed by atoms with Crippen molar-refractivity contribution in [1.82, 2.24) is 4.31 Å².